The number of halogens is 2. The zero-order valence-electron chi connectivity index (χ0n) is 13.9. The Balaban J connectivity index is 2.07. The van der Waals surface area contributed by atoms with E-state index in [1.165, 1.54) is 14.0 Å². The van der Waals surface area contributed by atoms with Crippen molar-refractivity contribution >= 4 is 17.5 Å². The Hall–Kier alpha value is -2.96. The second-order valence-electron chi connectivity index (χ2n) is 5.29. The van der Waals surface area contributed by atoms with E-state index in [1.807, 2.05) is 0 Å². The smallest absolute Gasteiger partial charge is 0.240 e. The van der Waals surface area contributed by atoms with Gasteiger partial charge in [0.1, 0.15) is 23.9 Å². The summed E-state index contributed by atoms with van der Waals surface area (Å²) < 4.78 is 32.1. The molecule has 0 aliphatic heterocycles. The summed E-state index contributed by atoms with van der Waals surface area (Å²) in [5.74, 6) is -2.06. The molecule has 0 spiro atoms. The number of nitrogens with one attached hydrogen (secondary N) is 1. The fourth-order valence-electron chi connectivity index (χ4n) is 2.31. The SMILES string of the molecule is COc1ccccc1CNC(=O)CN(C(C)=O)c1ccc(F)cc1F. The van der Waals surface area contributed by atoms with Crippen LogP contribution in [0.5, 0.6) is 5.75 Å². The van der Waals surface area contributed by atoms with Gasteiger partial charge in [0.05, 0.1) is 12.8 Å². The molecule has 0 heterocycles. The summed E-state index contributed by atoms with van der Waals surface area (Å²) in [7, 11) is 1.52. The molecule has 2 amide bonds. The number of benzene rings is 2. The maximum atomic E-state index is 13.9. The van der Waals surface area contributed by atoms with Crippen molar-refractivity contribution in [1.82, 2.24) is 5.32 Å². The van der Waals surface area contributed by atoms with Crippen LogP contribution in [-0.4, -0.2) is 25.5 Å². The first kappa shape index (κ1) is 18.4. The molecule has 5 nitrogen and oxygen atoms in total. The lowest BCUT2D eigenvalue weighted by molar-refractivity contribution is -0.123. The number of nitrogens with zero attached hydrogens (tertiary/aromatic N) is 1. The highest BCUT2D eigenvalue weighted by molar-refractivity contribution is 5.97. The number of para-hydroxylation sites is 1. The minimum Gasteiger partial charge on any atom is -0.496 e. The minimum atomic E-state index is -0.910. The first-order valence-corrected chi connectivity index (χ1v) is 7.54. The molecule has 0 atom stereocenters. The van der Waals surface area contributed by atoms with Gasteiger partial charge in [0.2, 0.25) is 11.8 Å². The average Bonchev–Trinajstić information content (AvgIpc) is 2.58. The van der Waals surface area contributed by atoms with Crippen molar-refractivity contribution in [1.29, 1.82) is 0 Å². The minimum absolute atomic E-state index is 0.152. The van der Waals surface area contributed by atoms with Gasteiger partial charge in [-0.25, -0.2) is 8.78 Å². The number of carbonyl (C=O) groups excluding carboxylic acids is 2. The molecule has 0 bridgehead atoms. The van der Waals surface area contributed by atoms with Crippen molar-refractivity contribution in [2.24, 2.45) is 0 Å². The zero-order chi connectivity index (χ0) is 18.4. The second-order valence-corrected chi connectivity index (χ2v) is 5.29. The molecule has 0 aromatic heterocycles. The molecular weight excluding hydrogens is 330 g/mol. The average molecular weight is 348 g/mol. The molecular formula is C18H18F2N2O3. The van der Waals surface area contributed by atoms with Crippen LogP contribution < -0.4 is 15.0 Å². The van der Waals surface area contributed by atoms with E-state index in [2.05, 4.69) is 5.32 Å². The van der Waals surface area contributed by atoms with E-state index in [-0.39, 0.29) is 18.8 Å². The fraction of sp³-hybridized carbons (Fsp3) is 0.222. The molecule has 1 N–H and O–H groups in total. The van der Waals surface area contributed by atoms with Crippen LogP contribution in [-0.2, 0) is 16.1 Å². The van der Waals surface area contributed by atoms with E-state index >= 15 is 0 Å². The Morgan fingerprint density at radius 1 is 1.16 bits per heavy atom. The molecule has 2 aromatic rings. The number of methoxy groups -OCH3 is 1. The van der Waals surface area contributed by atoms with Crippen molar-refractivity contribution in [3.63, 3.8) is 0 Å². The van der Waals surface area contributed by atoms with Crippen LogP contribution in [0.25, 0.3) is 0 Å². The number of ether oxygens (including phenoxy) is 1. The Bertz CT molecular complexity index is 781. The van der Waals surface area contributed by atoms with Gasteiger partial charge in [0.25, 0.3) is 0 Å². The van der Waals surface area contributed by atoms with Crippen molar-refractivity contribution in [3.05, 3.63) is 59.7 Å². The molecule has 0 fully saturated rings. The lowest BCUT2D eigenvalue weighted by Crippen LogP contribution is -2.40. The Kier molecular flexibility index (Phi) is 6.05. The molecule has 0 saturated heterocycles. The van der Waals surface area contributed by atoms with Gasteiger partial charge in [0.15, 0.2) is 0 Å². The molecule has 0 saturated carbocycles. The van der Waals surface area contributed by atoms with E-state index < -0.39 is 23.4 Å². The van der Waals surface area contributed by atoms with Gasteiger partial charge in [-0.1, -0.05) is 18.2 Å². The Labute approximate surface area is 144 Å². The summed E-state index contributed by atoms with van der Waals surface area (Å²) in [6.45, 7) is 1.02. The second kappa shape index (κ2) is 8.23. The highest BCUT2D eigenvalue weighted by atomic mass is 19.1. The lowest BCUT2D eigenvalue weighted by Gasteiger charge is -2.21. The molecule has 0 unspecified atom stereocenters. The third kappa shape index (κ3) is 4.76. The number of hydrogen-bond donors (Lipinski definition) is 1. The summed E-state index contributed by atoms with van der Waals surface area (Å²) in [6.07, 6.45) is 0. The number of rotatable bonds is 6. The van der Waals surface area contributed by atoms with Crippen LogP contribution in [0.3, 0.4) is 0 Å². The summed E-state index contributed by atoms with van der Waals surface area (Å²) >= 11 is 0. The molecule has 0 radical (unpaired) electrons. The predicted octanol–water partition coefficient (Wildman–Crippen LogP) is 2.64. The van der Waals surface area contributed by atoms with Crippen LogP contribution in [0.2, 0.25) is 0 Å². The van der Waals surface area contributed by atoms with Gasteiger partial charge in [-0.2, -0.15) is 0 Å². The van der Waals surface area contributed by atoms with Gasteiger partial charge in [-0.3, -0.25) is 9.59 Å². The molecule has 0 aliphatic rings. The maximum Gasteiger partial charge on any atom is 0.240 e. The van der Waals surface area contributed by atoms with Crippen molar-refractivity contribution < 1.29 is 23.1 Å². The van der Waals surface area contributed by atoms with E-state index in [4.69, 9.17) is 4.74 Å². The van der Waals surface area contributed by atoms with Gasteiger partial charge in [-0.15, -0.1) is 0 Å². The summed E-state index contributed by atoms with van der Waals surface area (Å²) in [6, 6.07) is 9.98. The molecule has 0 aliphatic carbocycles. The standard InChI is InChI=1S/C18H18F2N2O3/c1-12(23)22(16-8-7-14(19)9-15(16)20)11-18(24)21-10-13-5-3-4-6-17(13)25-2/h3-9H,10-11H2,1-2H3,(H,21,24). The van der Waals surface area contributed by atoms with E-state index in [0.29, 0.717) is 11.8 Å². The number of carbonyl (C=O) groups is 2. The van der Waals surface area contributed by atoms with Crippen LogP contribution >= 0.6 is 0 Å². The van der Waals surface area contributed by atoms with Gasteiger partial charge >= 0.3 is 0 Å². The third-order valence-corrected chi connectivity index (χ3v) is 3.55. The maximum absolute atomic E-state index is 13.9. The first-order valence-electron chi connectivity index (χ1n) is 7.54. The lowest BCUT2D eigenvalue weighted by atomic mass is 10.2. The van der Waals surface area contributed by atoms with Crippen LogP contribution in [0.1, 0.15) is 12.5 Å². The van der Waals surface area contributed by atoms with Crippen LogP contribution in [0.4, 0.5) is 14.5 Å². The number of hydrogen-bond acceptors (Lipinski definition) is 3. The van der Waals surface area contributed by atoms with E-state index in [0.717, 1.165) is 22.6 Å². The Morgan fingerprint density at radius 2 is 1.88 bits per heavy atom. The zero-order valence-corrected chi connectivity index (χ0v) is 13.9. The van der Waals surface area contributed by atoms with Gasteiger partial charge < -0.3 is 15.0 Å². The highest BCUT2D eigenvalue weighted by Gasteiger charge is 2.19. The van der Waals surface area contributed by atoms with Crippen LogP contribution in [0, 0.1) is 11.6 Å². The van der Waals surface area contributed by atoms with Crippen LogP contribution in [0.15, 0.2) is 42.5 Å². The molecule has 132 valence electrons. The third-order valence-electron chi connectivity index (χ3n) is 3.55. The largest absolute Gasteiger partial charge is 0.496 e. The van der Waals surface area contributed by atoms with Gasteiger partial charge in [-0.05, 0) is 18.2 Å². The highest BCUT2D eigenvalue weighted by Crippen LogP contribution is 2.20. The van der Waals surface area contributed by atoms with E-state index in [1.54, 1.807) is 24.3 Å². The van der Waals surface area contributed by atoms with Gasteiger partial charge in [0, 0.05) is 25.1 Å². The van der Waals surface area contributed by atoms with E-state index in [9.17, 15) is 18.4 Å². The molecule has 2 rings (SSSR count). The topological polar surface area (TPSA) is 58.6 Å². The molecule has 25 heavy (non-hydrogen) atoms. The normalized spacial score (nSPS) is 10.2. The fourth-order valence-corrected chi connectivity index (χ4v) is 2.31. The van der Waals surface area contributed by atoms with Crippen molar-refractivity contribution in [2.45, 2.75) is 13.5 Å². The predicted molar refractivity (Wildman–Crippen MR) is 89.2 cm³/mol. The number of amides is 2. The summed E-state index contributed by atoms with van der Waals surface area (Å²) in [5, 5.41) is 2.65. The molecule has 2 aromatic carbocycles. The van der Waals surface area contributed by atoms with Crippen molar-refractivity contribution in [2.75, 3.05) is 18.6 Å². The van der Waals surface area contributed by atoms with Crippen molar-refractivity contribution in [3.8, 4) is 5.75 Å². The Morgan fingerprint density at radius 3 is 2.52 bits per heavy atom. The summed E-state index contributed by atoms with van der Waals surface area (Å²) in [4.78, 5) is 24.8. The molecule has 7 heteroatoms. The number of anilines is 1. The first-order chi connectivity index (χ1) is 11.9. The summed E-state index contributed by atoms with van der Waals surface area (Å²) in [5.41, 5.74) is 0.613. The quantitative estimate of drug-likeness (QED) is 0.873. The monoisotopic (exact) mass is 348 g/mol.